The highest BCUT2D eigenvalue weighted by Gasteiger charge is 2.21. The molecule has 0 spiro atoms. The molecule has 1 aliphatic rings. The molecule has 2 aromatic rings. The first-order valence-electron chi connectivity index (χ1n) is 7.73. The summed E-state index contributed by atoms with van der Waals surface area (Å²) in [6.45, 7) is 6.09. The van der Waals surface area contributed by atoms with Gasteiger partial charge in [0.15, 0.2) is 0 Å². The van der Waals surface area contributed by atoms with Crippen molar-refractivity contribution < 1.29 is 13.9 Å². The molecule has 0 aliphatic carbocycles. The fourth-order valence-corrected chi connectivity index (χ4v) is 2.95. The molecule has 3 rings (SSSR count). The van der Waals surface area contributed by atoms with E-state index in [0.717, 1.165) is 28.8 Å². The minimum atomic E-state index is -0.149. The third-order valence-electron chi connectivity index (χ3n) is 4.08. The number of morpholine rings is 1. The molecule has 5 nitrogen and oxygen atoms in total. The van der Waals surface area contributed by atoms with Crippen LogP contribution in [0.3, 0.4) is 0 Å². The number of nitrogens with one attached hydrogen (secondary N) is 2. The predicted molar refractivity (Wildman–Crippen MR) is 92.0 cm³/mol. The van der Waals surface area contributed by atoms with Gasteiger partial charge in [-0.2, -0.15) is 0 Å². The fourth-order valence-electron chi connectivity index (χ4n) is 2.95. The number of amides is 1. The molecule has 1 amide bonds. The van der Waals surface area contributed by atoms with E-state index >= 15 is 0 Å². The van der Waals surface area contributed by atoms with Crippen LogP contribution in [0.4, 0.5) is 0 Å². The summed E-state index contributed by atoms with van der Waals surface area (Å²) in [4.78, 5) is 12.2. The molecule has 2 N–H and O–H groups in total. The first-order chi connectivity index (χ1) is 10.6. The Kier molecular flexibility index (Phi) is 6.04. The zero-order chi connectivity index (χ0) is 15.5. The molecule has 126 valence electrons. The number of halogens is 1. The van der Waals surface area contributed by atoms with Crippen LogP contribution in [0.25, 0.3) is 11.0 Å². The molecule has 2 unspecified atom stereocenters. The minimum absolute atomic E-state index is 0. The molecule has 0 bridgehead atoms. The Bertz CT molecular complexity index is 665. The summed E-state index contributed by atoms with van der Waals surface area (Å²) in [5.41, 5.74) is 1.95. The topological polar surface area (TPSA) is 63.5 Å². The normalized spacial score (nSPS) is 19.1. The Balaban J connectivity index is 0.00000192. The van der Waals surface area contributed by atoms with Gasteiger partial charge in [-0.25, -0.2) is 0 Å². The SMILES string of the molecule is Cc1c(C(C)NC(=O)CC2COCCN2)oc2ccccc12.Cl. The van der Waals surface area contributed by atoms with Crippen molar-refractivity contribution in [2.24, 2.45) is 0 Å². The van der Waals surface area contributed by atoms with Gasteiger partial charge in [0, 0.05) is 30.0 Å². The smallest absolute Gasteiger partial charge is 0.222 e. The van der Waals surface area contributed by atoms with Crippen LogP contribution in [0.15, 0.2) is 28.7 Å². The summed E-state index contributed by atoms with van der Waals surface area (Å²) in [5.74, 6) is 0.831. The van der Waals surface area contributed by atoms with E-state index in [2.05, 4.69) is 10.6 Å². The summed E-state index contributed by atoms with van der Waals surface area (Å²) in [6.07, 6.45) is 0.420. The average molecular weight is 339 g/mol. The van der Waals surface area contributed by atoms with Crippen molar-refractivity contribution in [1.29, 1.82) is 0 Å². The van der Waals surface area contributed by atoms with E-state index in [1.807, 2.05) is 38.1 Å². The molecule has 0 saturated carbocycles. The molecule has 6 heteroatoms. The quantitative estimate of drug-likeness (QED) is 0.899. The number of hydrogen-bond donors (Lipinski definition) is 2. The second kappa shape index (κ2) is 7.81. The number of hydrogen-bond acceptors (Lipinski definition) is 4. The third kappa shape index (κ3) is 4.05. The first-order valence-corrected chi connectivity index (χ1v) is 7.73. The number of aryl methyl sites for hydroxylation is 1. The van der Waals surface area contributed by atoms with Crippen molar-refractivity contribution in [3.63, 3.8) is 0 Å². The van der Waals surface area contributed by atoms with Crippen LogP contribution in [0, 0.1) is 6.92 Å². The van der Waals surface area contributed by atoms with Crippen LogP contribution in [0.1, 0.15) is 30.7 Å². The van der Waals surface area contributed by atoms with E-state index < -0.39 is 0 Å². The summed E-state index contributed by atoms with van der Waals surface area (Å²) >= 11 is 0. The number of para-hydroxylation sites is 1. The first kappa shape index (κ1) is 17.8. The number of fused-ring (bicyclic) bond motifs is 1. The van der Waals surface area contributed by atoms with Crippen molar-refractivity contribution in [2.75, 3.05) is 19.8 Å². The van der Waals surface area contributed by atoms with Crippen LogP contribution in [0.2, 0.25) is 0 Å². The number of rotatable bonds is 4. The minimum Gasteiger partial charge on any atom is -0.459 e. The van der Waals surface area contributed by atoms with Gasteiger partial charge in [-0.1, -0.05) is 18.2 Å². The summed E-state index contributed by atoms with van der Waals surface area (Å²) in [5, 5.41) is 7.40. The Hall–Kier alpha value is -1.56. The zero-order valence-corrected chi connectivity index (χ0v) is 14.2. The van der Waals surface area contributed by atoms with Crippen LogP contribution >= 0.6 is 12.4 Å². The maximum atomic E-state index is 12.2. The average Bonchev–Trinajstić information content (AvgIpc) is 2.86. The molecule has 1 saturated heterocycles. The van der Waals surface area contributed by atoms with Crippen LogP contribution in [-0.2, 0) is 9.53 Å². The fraction of sp³-hybridized carbons (Fsp3) is 0.471. The second-order valence-corrected chi connectivity index (χ2v) is 5.81. The van der Waals surface area contributed by atoms with Gasteiger partial charge in [-0.3, -0.25) is 4.79 Å². The molecule has 1 fully saturated rings. The molecule has 0 radical (unpaired) electrons. The van der Waals surface area contributed by atoms with E-state index in [4.69, 9.17) is 9.15 Å². The predicted octanol–water partition coefficient (Wildman–Crippen LogP) is 2.72. The highest BCUT2D eigenvalue weighted by molar-refractivity contribution is 5.85. The molecule has 1 aromatic carbocycles. The van der Waals surface area contributed by atoms with E-state index in [1.165, 1.54) is 0 Å². The van der Waals surface area contributed by atoms with E-state index in [-0.39, 0.29) is 30.4 Å². The molecular weight excluding hydrogens is 316 g/mol. The van der Waals surface area contributed by atoms with Crippen molar-refractivity contribution in [1.82, 2.24) is 10.6 Å². The van der Waals surface area contributed by atoms with E-state index in [1.54, 1.807) is 0 Å². The van der Waals surface area contributed by atoms with Gasteiger partial charge in [0.2, 0.25) is 5.91 Å². The lowest BCUT2D eigenvalue weighted by Crippen LogP contribution is -2.44. The molecule has 2 atom stereocenters. The van der Waals surface area contributed by atoms with Gasteiger partial charge in [-0.05, 0) is 19.9 Å². The van der Waals surface area contributed by atoms with Crippen molar-refractivity contribution in [3.8, 4) is 0 Å². The highest BCUT2D eigenvalue weighted by atomic mass is 35.5. The van der Waals surface area contributed by atoms with Crippen LogP contribution in [-0.4, -0.2) is 31.7 Å². The highest BCUT2D eigenvalue weighted by Crippen LogP contribution is 2.29. The van der Waals surface area contributed by atoms with Crippen molar-refractivity contribution >= 4 is 29.3 Å². The molecule has 2 heterocycles. The van der Waals surface area contributed by atoms with Crippen molar-refractivity contribution in [2.45, 2.75) is 32.4 Å². The number of ether oxygens (including phenoxy) is 1. The number of carbonyl (C=O) groups is 1. The number of furan rings is 1. The molecule has 1 aromatic heterocycles. The molecule has 1 aliphatic heterocycles. The molecule has 23 heavy (non-hydrogen) atoms. The van der Waals surface area contributed by atoms with Gasteiger partial charge in [-0.15, -0.1) is 12.4 Å². The lowest BCUT2D eigenvalue weighted by molar-refractivity contribution is -0.123. The maximum absolute atomic E-state index is 12.2. The van der Waals surface area contributed by atoms with Gasteiger partial charge in [0.05, 0.1) is 19.3 Å². The lowest BCUT2D eigenvalue weighted by atomic mass is 10.1. The zero-order valence-electron chi connectivity index (χ0n) is 13.4. The van der Waals surface area contributed by atoms with Gasteiger partial charge < -0.3 is 19.8 Å². The standard InChI is InChI=1S/C17H22N2O3.ClH/c1-11-14-5-3-4-6-15(14)22-17(11)12(2)19-16(20)9-13-10-21-8-7-18-13;/h3-6,12-13,18H,7-10H2,1-2H3,(H,19,20);1H. The summed E-state index contributed by atoms with van der Waals surface area (Å²) in [7, 11) is 0. The van der Waals surface area contributed by atoms with Crippen molar-refractivity contribution in [3.05, 3.63) is 35.6 Å². The second-order valence-electron chi connectivity index (χ2n) is 5.81. The maximum Gasteiger partial charge on any atom is 0.222 e. The number of carbonyl (C=O) groups excluding carboxylic acids is 1. The Morgan fingerprint density at radius 1 is 1.43 bits per heavy atom. The number of benzene rings is 1. The summed E-state index contributed by atoms with van der Waals surface area (Å²) in [6, 6.07) is 7.88. The van der Waals surface area contributed by atoms with Gasteiger partial charge in [0.1, 0.15) is 11.3 Å². The third-order valence-corrected chi connectivity index (χ3v) is 4.08. The van der Waals surface area contributed by atoms with E-state index in [0.29, 0.717) is 19.6 Å². The summed E-state index contributed by atoms with van der Waals surface area (Å²) < 4.78 is 11.3. The lowest BCUT2D eigenvalue weighted by Gasteiger charge is -2.23. The largest absolute Gasteiger partial charge is 0.459 e. The van der Waals surface area contributed by atoms with E-state index in [9.17, 15) is 4.79 Å². The Labute approximate surface area is 142 Å². The Morgan fingerprint density at radius 2 is 2.22 bits per heavy atom. The van der Waals surface area contributed by atoms with Gasteiger partial charge in [0.25, 0.3) is 0 Å². The van der Waals surface area contributed by atoms with Crippen LogP contribution < -0.4 is 10.6 Å². The Morgan fingerprint density at radius 3 is 2.91 bits per heavy atom. The van der Waals surface area contributed by atoms with Crippen LogP contribution in [0.5, 0.6) is 0 Å². The van der Waals surface area contributed by atoms with Gasteiger partial charge >= 0.3 is 0 Å². The monoisotopic (exact) mass is 338 g/mol. The molecular formula is C17H23ClN2O3.